The topological polar surface area (TPSA) is 132 Å². The van der Waals surface area contributed by atoms with Crippen molar-refractivity contribution < 1.29 is 14.5 Å². The van der Waals surface area contributed by atoms with Gasteiger partial charge in [0, 0.05) is 24.2 Å². The van der Waals surface area contributed by atoms with Gasteiger partial charge in [-0.05, 0) is 31.5 Å². The SMILES string of the molecule is C=CCn1c(SCC(=O)Nc2cc([N+](=O)[O-])ccc2Cl)nnc1[C@@H](C)NC(=O)c1ccccc1C. The number of benzene rings is 2. The number of thioether (sulfide) groups is 1. The van der Waals surface area contributed by atoms with Gasteiger partial charge >= 0.3 is 0 Å². The summed E-state index contributed by atoms with van der Waals surface area (Å²) in [5, 5.41) is 25.5. The van der Waals surface area contributed by atoms with Crippen LogP contribution in [0.2, 0.25) is 5.02 Å². The van der Waals surface area contributed by atoms with Crippen LogP contribution in [0.5, 0.6) is 0 Å². The molecule has 0 aliphatic carbocycles. The van der Waals surface area contributed by atoms with E-state index in [0.29, 0.717) is 23.1 Å². The lowest BCUT2D eigenvalue weighted by Crippen LogP contribution is -2.29. The minimum atomic E-state index is -0.570. The Morgan fingerprint density at radius 1 is 1.29 bits per heavy atom. The van der Waals surface area contributed by atoms with E-state index in [4.69, 9.17) is 11.6 Å². The molecule has 3 rings (SSSR count). The van der Waals surface area contributed by atoms with E-state index in [0.717, 1.165) is 17.3 Å². The van der Waals surface area contributed by atoms with Gasteiger partial charge in [-0.25, -0.2) is 0 Å². The number of aromatic nitrogens is 3. The average molecular weight is 515 g/mol. The van der Waals surface area contributed by atoms with Crippen LogP contribution in [0.15, 0.2) is 60.3 Å². The van der Waals surface area contributed by atoms with Crippen LogP contribution in [-0.2, 0) is 11.3 Å². The molecule has 0 spiro atoms. The first-order valence-electron chi connectivity index (χ1n) is 10.5. The summed E-state index contributed by atoms with van der Waals surface area (Å²) in [7, 11) is 0. The molecule has 0 fully saturated rings. The number of allylic oxidation sites excluding steroid dienone is 1. The molecule has 3 aromatic rings. The van der Waals surface area contributed by atoms with Crippen molar-refractivity contribution in [3.63, 3.8) is 0 Å². The van der Waals surface area contributed by atoms with Crippen LogP contribution in [0.1, 0.15) is 34.7 Å². The van der Waals surface area contributed by atoms with Crippen molar-refractivity contribution in [2.45, 2.75) is 31.6 Å². The molecule has 0 aliphatic heterocycles. The number of nitrogens with zero attached hydrogens (tertiary/aromatic N) is 4. The van der Waals surface area contributed by atoms with Crippen molar-refractivity contribution in [3.05, 3.63) is 87.2 Å². The zero-order valence-corrected chi connectivity index (χ0v) is 20.6. The summed E-state index contributed by atoms with van der Waals surface area (Å²) in [4.78, 5) is 35.6. The Kier molecular flexibility index (Phi) is 8.61. The molecule has 0 bridgehead atoms. The first-order valence-corrected chi connectivity index (χ1v) is 11.8. The number of nitro groups is 1. The van der Waals surface area contributed by atoms with Gasteiger partial charge in [0.2, 0.25) is 5.91 Å². The van der Waals surface area contributed by atoms with E-state index in [2.05, 4.69) is 27.4 Å². The Labute approximate surface area is 210 Å². The van der Waals surface area contributed by atoms with Crippen molar-refractivity contribution in [3.8, 4) is 0 Å². The van der Waals surface area contributed by atoms with E-state index in [1.807, 2.05) is 19.1 Å². The maximum absolute atomic E-state index is 12.7. The summed E-state index contributed by atoms with van der Waals surface area (Å²) in [5.41, 5.74) is 1.39. The van der Waals surface area contributed by atoms with Gasteiger partial charge in [-0.3, -0.25) is 19.7 Å². The highest BCUT2D eigenvalue weighted by atomic mass is 35.5. The highest BCUT2D eigenvalue weighted by molar-refractivity contribution is 7.99. The van der Waals surface area contributed by atoms with Crippen molar-refractivity contribution >= 4 is 46.6 Å². The molecule has 35 heavy (non-hydrogen) atoms. The molecule has 0 unspecified atom stereocenters. The van der Waals surface area contributed by atoms with Gasteiger partial charge in [0.05, 0.1) is 27.4 Å². The Hall–Kier alpha value is -3.70. The van der Waals surface area contributed by atoms with Crippen LogP contribution in [0.4, 0.5) is 11.4 Å². The van der Waals surface area contributed by atoms with Gasteiger partial charge in [0.1, 0.15) is 0 Å². The van der Waals surface area contributed by atoms with E-state index in [1.165, 1.54) is 18.2 Å². The maximum atomic E-state index is 12.7. The van der Waals surface area contributed by atoms with Gasteiger partial charge in [-0.15, -0.1) is 16.8 Å². The number of carbonyl (C=O) groups excluding carboxylic acids is 2. The molecule has 0 radical (unpaired) electrons. The van der Waals surface area contributed by atoms with Crippen LogP contribution in [0, 0.1) is 17.0 Å². The summed E-state index contributed by atoms with van der Waals surface area (Å²) in [5.74, 6) is -0.186. The second-order valence-electron chi connectivity index (χ2n) is 7.51. The number of aryl methyl sites for hydroxylation is 1. The fourth-order valence-electron chi connectivity index (χ4n) is 3.23. The Bertz CT molecular complexity index is 1280. The van der Waals surface area contributed by atoms with E-state index < -0.39 is 16.9 Å². The molecule has 2 N–H and O–H groups in total. The fourth-order valence-corrected chi connectivity index (χ4v) is 4.15. The zero-order valence-electron chi connectivity index (χ0n) is 19.0. The lowest BCUT2D eigenvalue weighted by Gasteiger charge is -2.16. The van der Waals surface area contributed by atoms with Crippen LogP contribution in [0.25, 0.3) is 0 Å². The molecular formula is C23H23ClN6O4S. The zero-order chi connectivity index (χ0) is 25.5. The minimum absolute atomic E-state index is 0.0434. The van der Waals surface area contributed by atoms with E-state index in [1.54, 1.807) is 29.7 Å². The predicted molar refractivity (Wildman–Crippen MR) is 135 cm³/mol. The summed E-state index contributed by atoms with van der Waals surface area (Å²) in [6.07, 6.45) is 1.66. The second-order valence-corrected chi connectivity index (χ2v) is 8.86. The fraction of sp³-hybridized carbons (Fsp3) is 0.217. The number of carbonyl (C=O) groups is 2. The third-order valence-electron chi connectivity index (χ3n) is 4.95. The number of anilines is 1. The summed E-state index contributed by atoms with van der Waals surface area (Å²) in [6.45, 7) is 7.79. The minimum Gasteiger partial charge on any atom is -0.342 e. The van der Waals surface area contributed by atoms with Crippen LogP contribution < -0.4 is 10.6 Å². The van der Waals surface area contributed by atoms with Gasteiger partial charge in [0.25, 0.3) is 11.6 Å². The number of amides is 2. The quantitative estimate of drug-likeness (QED) is 0.175. The lowest BCUT2D eigenvalue weighted by molar-refractivity contribution is -0.384. The smallest absolute Gasteiger partial charge is 0.271 e. The normalized spacial score (nSPS) is 11.5. The predicted octanol–water partition coefficient (Wildman–Crippen LogP) is 4.56. The van der Waals surface area contributed by atoms with Crippen molar-refractivity contribution in [1.82, 2.24) is 20.1 Å². The number of rotatable bonds is 10. The number of nitrogens with one attached hydrogen (secondary N) is 2. The second kappa shape index (κ2) is 11.6. The highest BCUT2D eigenvalue weighted by Gasteiger charge is 2.21. The monoisotopic (exact) mass is 514 g/mol. The Morgan fingerprint density at radius 2 is 2.03 bits per heavy atom. The maximum Gasteiger partial charge on any atom is 0.271 e. The number of hydrogen-bond acceptors (Lipinski definition) is 7. The van der Waals surface area contributed by atoms with Crippen LogP contribution in [-0.4, -0.2) is 37.3 Å². The Balaban J connectivity index is 1.69. The molecule has 2 aromatic carbocycles. The molecule has 12 heteroatoms. The average Bonchev–Trinajstić information content (AvgIpc) is 3.22. The van der Waals surface area contributed by atoms with Crippen molar-refractivity contribution in [2.24, 2.45) is 0 Å². The van der Waals surface area contributed by atoms with E-state index in [-0.39, 0.29) is 28.1 Å². The summed E-state index contributed by atoms with van der Waals surface area (Å²) in [6, 6.07) is 10.6. The first-order chi connectivity index (χ1) is 16.7. The first kappa shape index (κ1) is 25.9. The number of halogens is 1. The van der Waals surface area contributed by atoms with Crippen LogP contribution in [0.3, 0.4) is 0 Å². The van der Waals surface area contributed by atoms with E-state index in [9.17, 15) is 19.7 Å². The summed E-state index contributed by atoms with van der Waals surface area (Å²) < 4.78 is 1.76. The number of nitro benzene ring substituents is 1. The van der Waals surface area contributed by atoms with E-state index >= 15 is 0 Å². The standard InChI is InChI=1S/C23H23ClN6O4S/c1-4-11-29-21(15(3)25-22(32)17-8-6-5-7-14(17)2)27-28-23(29)35-13-20(31)26-19-12-16(30(33)34)9-10-18(19)24/h4-10,12,15H,1,11,13H2,2-3H3,(H,25,32)(H,26,31)/t15-/m1/s1. The summed E-state index contributed by atoms with van der Waals surface area (Å²) >= 11 is 7.17. The third kappa shape index (κ3) is 6.46. The van der Waals surface area contributed by atoms with Gasteiger partial charge in [-0.2, -0.15) is 0 Å². The highest BCUT2D eigenvalue weighted by Crippen LogP contribution is 2.27. The van der Waals surface area contributed by atoms with Gasteiger partial charge in [0.15, 0.2) is 11.0 Å². The molecule has 1 atom stereocenters. The molecule has 1 heterocycles. The molecule has 182 valence electrons. The van der Waals surface area contributed by atoms with Crippen molar-refractivity contribution in [2.75, 3.05) is 11.1 Å². The molecule has 0 saturated carbocycles. The third-order valence-corrected chi connectivity index (χ3v) is 6.25. The molecule has 2 amide bonds. The molecule has 0 saturated heterocycles. The number of non-ortho nitro benzene ring substituents is 1. The lowest BCUT2D eigenvalue weighted by atomic mass is 10.1. The molecule has 1 aromatic heterocycles. The van der Waals surface area contributed by atoms with Crippen LogP contribution >= 0.6 is 23.4 Å². The largest absolute Gasteiger partial charge is 0.342 e. The molecule has 0 aliphatic rings. The molecule has 10 nitrogen and oxygen atoms in total. The van der Waals surface area contributed by atoms with Gasteiger partial charge < -0.3 is 15.2 Å². The molecular weight excluding hydrogens is 492 g/mol. The Morgan fingerprint density at radius 3 is 2.71 bits per heavy atom. The number of hydrogen-bond donors (Lipinski definition) is 2. The van der Waals surface area contributed by atoms with Crippen molar-refractivity contribution in [1.29, 1.82) is 0 Å². The van der Waals surface area contributed by atoms with Gasteiger partial charge in [-0.1, -0.05) is 47.6 Å².